The first-order valence-corrected chi connectivity index (χ1v) is 9.77. The maximum Gasteiger partial charge on any atom is 0.227 e. The summed E-state index contributed by atoms with van der Waals surface area (Å²) in [5, 5.41) is 9.19. The van der Waals surface area contributed by atoms with Crippen LogP contribution in [0.25, 0.3) is 11.4 Å². The van der Waals surface area contributed by atoms with Gasteiger partial charge in [-0.1, -0.05) is 29.4 Å². The molecule has 3 rings (SSSR count). The molecular weight excluding hydrogens is 406 g/mol. The van der Waals surface area contributed by atoms with E-state index in [2.05, 4.69) is 20.8 Å². The number of carbonyl (C=O) groups excluding carboxylic acids is 2. The molecule has 0 saturated heterocycles. The van der Waals surface area contributed by atoms with Gasteiger partial charge in [0.2, 0.25) is 23.5 Å². The van der Waals surface area contributed by atoms with E-state index in [1.807, 2.05) is 0 Å². The summed E-state index contributed by atoms with van der Waals surface area (Å²) in [6.45, 7) is 2.21. The fraction of sp³-hybridized carbons (Fsp3) is 0.273. The summed E-state index contributed by atoms with van der Waals surface area (Å²) in [6, 6.07) is 10.4. The number of aryl methyl sites for hydroxylation is 2. The summed E-state index contributed by atoms with van der Waals surface area (Å²) in [6.07, 6.45) is 0.510. The monoisotopic (exact) mass is 428 g/mol. The molecule has 1 aromatic heterocycles. The lowest BCUT2D eigenvalue weighted by atomic mass is 10.1. The van der Waals surface area contributed by atoms with Crippen LogP contribution in [-0.4, -0.2) is 35.0 Å². The SMILES string of the molecule is Cc1ccc(-c2noc(CCC(=O)NCCNC(=O)Cc3ccc(F)cc3)n2)cc1F. The van der Waals surface area contributed by atoms with E-state index in [0.717, 1.165) is 0 Å². The maximum absolute atomic E-state index is 13.7. The Bertz CT molecular complexity index is 1050. The highest BCUT2D eigenvalue weighted by Gasteiger charge is 2.12. The summed E-state index contributed by atoms with van der Waals surface area (Å²) in [7, 11) is 0. The number of rotatable bonds is 9. The first-order chi connectivity index (χ1) is 14.9. The van der Waals surface area contributed by atoms with Crippen molar-refractivity contribution in [3.8, 4) is 11.4 Å². The van der Waals surface area contributed by atoms with Crippen LogP contribution in [0.4, 0.5) is 8.78 Å². The highest BCUT2D eigenvalue weighted by atomic mass is 19.1. The molecule has 2 amide bonds. The van der Waals surface area contributed by atoms with Crippen LogP contribution in [0.5, 0.6) is 0 Å². The quantitative estimate of drug-likeness (QED) is 0.511. The van der Waals surface area contributed by atoms with Crippen molar-refractivity contribution in [3.63, 3.8) is 0 Å². The molecule has 0 saturated carbocycles. The van der Waals surface area contributed by atoms with Gasteiger partial charge in [0.15, 0.2) is 0 Å². The second-order valence-electron chi connectivity index (χ2n) is 6.98. The third kappa shape index (κ3) is 6.70. The van der Waals surface area contributed by atoms with Crippen molar-refractivity contribution < 1.29 is 22.9 Å². The zero-order valence-corrected chi connectivity index (χ0v) is 17.0. The summed E-state index contributed by atoms with van der Waals surface area (Å²) in [4.78, 5) is 28.0. The fourth-order valence-electron chi connectivity index (χ4n) is 2.77. The van der Waals surface area contributed by atoms with Crippen LogP contribution in [0.2, 0.25) is 0 Å². The number of halogens is 2. The van der Waals surface area contributed by atoms with E-state index in [9.17, 15) is 18.4 Å². The molecule has 0 aliphatic heterocycles. The van der Waals surface area contributed by atoms with Crippen molar-refractivity contribution in [2.75, 3.05) is 13.1 Å². The van der Waals surface area contributed by atoms with Gasteiger partial charge in [-0.2, -0.15) is 4.98 Å². The smallest absolute Gasteiger partial charge is 0.227 e. The molecular formula is C22H22F2N4O3. The van der Waals surface area contributed by atoms with Crippen LogP contribution < -0.4 is 10.6 Å². The van der Waals surface area contributed by atoms with Crippen molar-refractivity contribution >= 4 is 11.8 Å². The molecule has 0 radical (unpaired) electrons. The first-order valence-electron chi connectivity index (χ1n) is 9.77. The van der Waals surface area contributed by atoms with E-state index in [1.54, 1.807) is 31.2 Å². The Morgan fingerprint density at radius 1 is 1.00 bits per heavy atom. The van der Waals surface area contributed by atoms with E-state index < -0.39 is 0 Å². The van der Waals surface area contributed by atoms with E-state index in [0.29, 0.717) is 16.7 Å². The van der Waals surface area contributed by atoms with Crippen LogP contribution in [0, 0.1) is 18.6 Å². The van der Waals surface area contributed by atoms with E-state index in [-0.39, 0.29) is 67.5 Å². The van der Waals surface area contributed by atoms with Crippen molar-refractivity contribution in [2.45, 2.75) is 26.2 Å². The van der Waals surface area contributed by atoms with Gasteiger partial charge in [-0.05, 0) is 36.2 Å². The van der Waals surface area contributed by atoms with E-state index in [4.69, 9.17) is 4.52 Å². The van der Waals surface area contributed by atoms with Gasteiger partial charge in [-0.25, -0.2) is 8.78 Å². The minimum atomic E-state index is -0.354. The van der Waals surface area contributed by atoms with Gasteiger partial charge >= 0.3 is 0 Å². The Balaban J connectivity index is 1.35. The molecule has 0 unspecified atom stereocenters. The Labute approximate surface area is 177 Å². The molecule has 7 nitrogen and oxygen atoms in total. The molecule has 0 spiro atoms. The van der Waals surface area contributed by atoms with Crippen LogP contribution in [-0.2, 0) is 22.4 Å². The first kappa shape index (κ1) is 22.1. The molecule has 2 aromatic carbocycles. The Hall–Kier alpha value is -3.62. The average Bonchev–Trinajstić information content (AvgIpc) is 3.22. The lowest BCUT2D eigenvalue weighted by molar-refractivity contribution is -0.122. The summed E-state index contributed by atoms with van der Waals surface area (Å²) in [5.74, 6) is -0.613. The molecule has 162 valence electrons. The van der Waals surface area contributed by atoms with Gasteiger partial charge < -0.3 is 15.2 Å². The minimum Gasteiger partial charge on any atom is -0.354 e. The van der Waals surface area contributed by atoms with Gasteiger partial charge in [0, 0.05) is 31.5 Å². The van der Waals surface area contributed by atoms with Crippen molar-refractivity contribution in [2.24, 2.45) is 0 Å². The number of hydrogen-bond donors (Lipinski definition) is 2. The van der Waals surface area contributed by atoms with Crippen molar-refractivity contribution in [1.82, 2.24) is 20.8 Å². The molecule has 0 bridgehead atoms. The predicted octanol–water partition coefficient (Wildman–Crippen LogP) is 2.73. The largest absolute Gasteiger partial charge is 0.354 e. The summed E-state index contributed by atoms with van der Waals surface area (Å²) >= 11 is 0. The molecule has 31 heavy (non-hydrogen) atoms. The predicted molar refractivity (Wildman–Crippen MR) is 109 cm³/mol. The molecule has 0 fully saturated rings. The number of nitrogens with one attached hydrogen (secondary N) is 2. The second-order valence-corrected chi connectivity index (χ2v) is 6.98. The fourth-order valence-corrected chi connectivity index (χ4v) is 2.77. The summed E-state index contributed by atoms with van der Waals surface area (Å²) < 4.78 is 31.6. The molecule has 0 aliphatic rings. The Morgan fingerprint density at radius 3 is 2.42 bits per heavy atom. The van der Waals surface area contributed by atoms with Crippen LogP contribution >= 0.6 is 0 Å². The number of aromatic nitrogens is 2. The van der Waals surface area contributed by atoms with Crippen molar-refractivity contribution in [1.29, 1.82) is 0 Å². The minimum absolute atomic E-state index is 0.132. The molecule has 1 heterocycles. The lowest BCUT2D eigenvalue weighted by Gasteiger charge is -2.07. The number of benzene rings is 2. The zero-order valence-electron chi connectivity index (χ0n) is 17.0. The molecule has 0 atom stereocenters. The number of carbonyl (C=O) groups is 2. The molecule has 9 heteroatoms. The summed E-state index contributed by atoms with van der Waals surface area (Å²) in [5.41, 5.74) is 1.73. The Kier molecular flexibility index (Phi) is 7.42. The van der Waals surface area contributed by atoms with E-state index in [1.165, 1.54) is 18.2 Å². The average molecular weight is 428 g/mol. The highest BCUT2D eigenvalue weighted by molar-refractivity contribution is 5.79. The van der Waals surface area contributed by atoms with Gasteiger partial charge in [0.25, 0.3) is 0 Å². The van der Waals surface area contributed by atoms with Gasteiger partial charge in [-0.3, -0.25) is 9.59 Å². The van der Waals surface area contributed by atoms with Gasteiger partial charge in [0.05, 0.1) is 6.42 Å². The normalized spacial score (nSPS) is 10.7. The maximum atomic E-state index is 13.7. The van der Waals surface area contributed by atoms with Crippen molar-refractivity contribution in [3.05, 3.63) is 71.1 Å². The standard InChI is InChI=1S/C22H22F2N4O3/c1-14-2-5-16(13-18(14)24)22-27-21(31-28-22)9-8-19(29)25-10-11-26-20(30)12-15-3-6-17(23)7-4-15/h2-7,13H,8-12H2,1H3,(H,25,29)(H,26,30). The van der Waals surface area contributed by atoms with Crippen LogP contribution in [0.1, 0.15) is 23.4 Å². The number of hydrogen-bond acceptors (Lipinski definition) is 5. The molecule has 2 N–H and O–H groups in total. The molecule has 3 aromatic rings. The highest BCUT2D eigenvalue weighted by Crippen LogP contribution is 2.19. The van der Waals surface area contributed by atoms with Crippen LogP contribution in [0.3, 0.4) is 0 Å². The van der Waals surface area contributed by atoms with Crippen LogP contribution in [0.15, 0.2) is 47.0 Å². The Morgan fingerprint density at radius 2 is 1.71 bits per heavy atom. The third-order valence-electron chi connectivity index (χ3n) is 4.51. The van der Waals surface area contributed by atoms with E-state index >= 15 is 0 Å². The van der Waals surface area contributed by atoms with Gasteiger partial charge in [-0.15, -0.1) is 0 Å². The second kappa shape index (κ2) is 10.4. The number of amides is 2. The third-order valence-corrected chi connectivity index (χ3v) is 4.51. The zero-order chi connectivity index (χ0) is 22.2. The van der Waals surface area contributed by atoms with Gasteiger partial charge in [0.1, 0.15) is 11.6 Å². The lowest BCUT2D eigenvalue weighted by Crippen LogP contribution is -2.35. The topological polar surface area (TPSA) is 97.1 Å². The molecule has 0 aliphatic carbocycles. The number of nitrogens with zero attached hydrogens (tertiary/aromatic N) is 2.